The quantitative estimate of drug-likeness (QED) is 0.885. The minimum absolute atomic E-state index is 0.522. The Morgan fingerprint density at radius 1 is 1.39 bits per heavy atom. The first-order valence-corrected chi connectivity index (χ1v) is 7.34. The van der Waals surface area contributed by atoms with Crippen molar-refractivity contribution in [2.24, 2.45) is 0 Å². The molecule has 2 rings (SSSR count). The van der Waals surface area contributed by atoms with Crippen LogP contribution >= 0.6 is 38.9 Å². The third-order valence-electron chi connectivity index (χ3n) is 2.59. The molecule has 0 aliphatic carbocycles. The van der Waals surface area contributed by atoms with E-state index in [1.165, 1.54) is 11.3 Å². The third kappa shape index (κ3) is 3.26. The molecule has 0 spiro atoms. The summed E-state index contributed by atoms with van der Waals surface area (Å²) in [7, 11) is 1.63. The maximum absolute atomic E-state index is 10.2. The van der Waals surface area contributed by atoms with Crippen molar-refractivity contribution < 1.29 is 9.84 Å². The van der Waals surface area contributed by atoms with Crippen LogP contribution in [0.2, 0.25) is 4.34 Å². The van der Waals surface area contributed by atoms with Gasteiger partial charge in [-0.05, 0) is 35.9 Å². The van der Waals surface area contributed by atoms with E-state index in [4.69, 9.17) is 16.3 Å². The smallest absolute Gasteiger partial charge is 0.119 e. The molecule has 0 bridgehead atoms. The molecular weight excluding hydrogens is 336 g/mol. The zero-order valence-corrected chi connectivity index (χ0v) is 12.8. The van der Waals surface area contributed by atoms with Gasteiger partial charge in [-0.15, -0.1) is 11.3 Å². The van der Waals surface area contributed by atoms with Crippen molar-refractivity contribution in [3.63, 3.8) is 0 Å². The Morgan fingerprint density at radius 2 is 2.17 bits per heavy atom. The number of aliphatic hydroxyl groups excluding tert-OH is 1. The molecule has 1 heterocycles. The lowest BCUT2D eigenvalue weighted by Gasteiger charge is -2.11. The first kappa shape index (κ1) is 13.9. The topological polar surface area (TPSA) is 29.5 Å². The van der Waals surface area contributed by atoms with E-state index in [0.717, 1.165) is 20.7 Å². The lowest BCUT2D eigenvalue weighted by molar-refractivity contribution is 0.182. The highest BCUT2D eigenvalue weighted by Gasteiger charge is 2.13. The zero-order valence-electron chi connectivity index (χ0n) is 9.69. The molecule has 0 amide bonds. The normalized spacial score (nSPS) is 12.4. The van der Waals surface area contributed by atoms with Crippen molar-refractivity contribution in [3.8, 4) is 5.75 Å². The van der Waals surface area contributed by atoms with Crippen LogP contribution in [0.3, 0.4) is 0 Å². The van der Waals surface area contributed by atoms with E-state index in [9.17, 15) is 5.11 Å². The van der Waals surface area contributed by atoms with Gasteiger partial charge in [-0.25, -0.2) is 0 Å². The lowest BCUT2D eigenvalue weighted by Crippen LogP contribution is -2.00. The maximum Gasteiger partial charge on any atom is 0.119 e. The van der Waals surface area contributed by atoms with Crippen LogP contribution in [0.1, 0.15) is 16.5 Å². The average molecular weight is 348 g/mol. The second kappa shape index (κ2) is 6.06. The van der Waals surface area contributed by atoms with Crippen molar-refractivity contribution in [2.45, 2.75) is 12.5 Å². The Balaban J connectivity index is 2.18. The second-order valence-corrected chi connectivity index (χ2v) is 6.42. The first-order valence-electron chi connectivity index (χ1n) is 5.36. The van der Waals surface area contributed by atoms with Gasteiger partial charge >= 0.3 is 0 Å². The van der Waals surface area contributed by atoms with Crippen LogP contribution in [0.25, 0.3) is 0 Å². The van der Waals surface area contributed by atoms with E-state index in [1.807, 2.05) is 24.3 Å². The maximum atomic E-state index is 10.2. The van der Waals surface area contributed by atoms with Gasteiger partial charge in [-0.3, -0.25) is 0 Å². The average Bonchev–Trinajstić information content (AvgIpc) is 2.79. The van der Waals surface area contributed by atoms with Gasteiger partial charge in [0, 0.05) is 15.8 Å². The van der Waals surface area contributed by atoms with E-state index in [-0.39, 0.29) is 0 Å². The van der Waals surface area contributed by atoms with Crippen LogP contribution in [0.4, 0.5) is 0 Å². The van der Waals surface area contributed by atoms with E-state index < -0.39 is 6.10 Å². The molecule has 0 fully saturated rings. The third-order valence-corrected chi connectivity index (χ3v) is 4.69. The Bertz CT molecular complexity index is 542. The van der Waals surface area contributed by atoms with Gasteiger partial charge in [0.15, 0.2) is 0 Å². The molecule has 1 atom stereocenters. The molecule has 2 nitrogen and oxygen atoms in total. The molecule has 2 aromatic rings. The number of thiophene rings is 1. The summed E-state index contributed by atoms with van der Waals surface area (Å²) in [4.78, 5) is 0.870. The standard InChI is InChI=1S/C13H12BrClO2S/c1-17-9-2-3-10(14)8(6-9)7-11(16)12-4-5-13(15)18-12/h2-6,11,16H,7H2,1H3. The summed E-state index contributed by atoms with van der Waals surface area (Å²) in [5.41, 5.74) is 1.01. The summed E-state index contributed by atoms with van der Waals surface area (Å²) >= 11 is 10.7. The Labute approximate surface area is 123 Å². The number of rotatable bonds is 4. The predicted molar refractivity (Wildman–Crippen MR) is 78.7 cm³/mol. The van der Waals surface area contributed by atoms with Gasteiger partial charge in [0.25, 0.3) is 0 Å². The highest BCUT2D eigenvalue weighted by molar-refractivity contribution is 9.10. The molecule has 1 N–H and O–H groups in total. The van der Waals surface area contributed by atoms with Gasteiger partial charge in [-0.2, -0.15) is 0 Å². The van der Waals surface area contributed by atoms with Crippen molar-refractivity contribution >= 4 is 38.9 Å². The molecule has 0 saturated heterocycles. The zero-order chi connectivity index (χ0) is 13.1. The van der Waals surface area contributed by atoms with Crippen LogP contribution in [-0.4, -0.2) is 12.2 Å². The van der Waals surface area contributed by atoms with E-state index >= 15 is 0 Å². The summed E-state index contributed by atoms with van der Waals surface area (Å²) in [6.07, 6.45) is -0.0276. The summed E-state index contributed by atoms with van der Waals surface area (Å²) < 4.78 is 6.83. The molecule has 0 radical (unpaired) electrons. The highest BCUT2D eigenvalue weighted by atomic mass is 79.9. The SMILES string of the molecule is COc1ccc(Br)c(CC(O)c2ccc(Cl)s2)c1. The molecule has 0 aliphatic heterocycles. The van der Waals surface area contributed by atoms with Gasteiger partial charge in [0.1, 0.15) is 5.75 Å². The summed E-state index contributed by atoms with van der Waals surface area (Å²) in [5.74, 6) is 0.782. The number of hydrogen-bond donors (Lipinski definition) is 1. The lowest BCUT2D eigenvalue weighted by atomic mass is 10.1. The number of hydrogen-bond acceptors (Lipinski definition) is 3. The largest absolute Gasteiger partial charge is 0.497 e. The molecule has 1 unspecified atom stereocenters. The van der Waals surface area contributed by atoms with Crippen molar-refractivity contribution in [2.75, 3.05) is 7.11 Å². The Hall–Kier alpha value is -0.550. The molecule has 96 valence electrons. The van der Waals surface area contributed by atoms with Gasteiger partial charge in [-0.1, -0.05) is 27.5 Å². The number of methoxy groups -OCH3 is 1. The summed E-state index contributed by atoms with van der Waals surface area (Å²) in [5, 5.41) is 10.2. The fraction of sp³-hybridized carbons (Fsp3) is 0.231. The van der Waals surface area contributed by atoms with Crippen LogP contribution in [0.15, 0.2) is 34.8 Å². The molecule has 0 aliphatic rings. The molecular formula is C13H12BrClO2S. The van der Waals surface area contributed by atoms with E-state index in [2.05, 4.69) is 15.9 Å². The number of aliphatic hydroxyl groups is 1. The number of benzene rings is 1. The van der Waals surface area contributed by atoms with E-state index in [0.29, 0.717) is 10.8 Å². The number of halogens is 2. The Kier molecular flexibility index (Phi) is 4.67. The summed E-state index contributed by atoms with van der Waals surface area (Å²) in [6, 6.07) is 9.36. The Morgan fingerprint density at radius 3 is 2.78 bits per heavy atom. The monoisotopic (exact) mass is 346 g/mol. The van der Waals surface area contributed by atoms with Crippen molar-refractivity contribution in [3.05, 3.63) is 49.6 Å². The van der Waals surface area contributed by atoms with E-state index in [1.54, 1.807) is 13.2 Å². The van der Waals surface area contributed by atoms with Crippen LogP contribution < -0.4 is 4.74 Å². The fourth-order valence-corrected chi connectivity index (χ4v) is 3.11. The van der Waals surface area contributed by atoms with Gasteiger partial charge < -0.3 is 9.84 Å². The molecule has 1 aromatic carbocycles. The van der Waals surface area contributed by atoms with Gasteiger partial charge in [0.05, 0.1) is 17.6 Å². The van der Waals surface area contributed by atoms with Crippen molar-refractivity contribution in [1.29, 1.82) is 0 Å². The molecule has 18 heavy (non-hydrogen) atoms. The second-order valence-electron chi connectivity index (χ2n) is 3.82. The van der Waals surface area contributed by atoms with Crippen LogP contribution in [0.5, 0.6) is 5.75 Å². The molecule has 0 saturated carbocycles. The molecule has 5 heteroatoms. The van der Waals surface area contributed by atoms with Gasteiger partial charge in [0.2, 0.25) is 0 Å². The van der Waals surface area contributed by atoms with Crippen LogP contribution in [0, 0.1) is 0 Å². The van der Waals surface area contributed by atoms with Crippen LogP contribution in [-0.2, 0) is 6.42 Å². The fourth-order valence-electron chi connectivity index (χ4n) is 1.65. The predicted octanol–water partition coefficient (Wildman–Crippen LogP) is 4.45. The van der Waals surface area contributed by atoms with Crippen molar-refractivity contribution in [1.82, 2.24) is 0 Å². The molecule has 1 aromatic heterocycles. The number of ether oxygens (including phenoxy) is 1. The highest BCUT2D eigenvalue weighted by Crippen LogP contribution is 2.31. The minimum Gasteiger partial charge on any atom is -0.497 e. The summed E-state index contributed by atoms with van der Waals surface area (Å²) in [6.45, 7) is 0. The minimum atomic E-state index is -0.550. The first-order chi connectivity index (χ1) is 8.60.